The highest BCUT2D eigenvalue weighted by molar-refractivity contribution is 9.10. The highest BCUT2D eigenvalue weighted by atomic mass is 79.9. The molecule has 0 aliphatic rings. The number of aryl methyl sites for hydroxylation is 2. The van der Waals surface area contributed by atoms with Crippen molar-refractivity contribution in [2.24, 2.45) is 0 Å². The average Bonchev–Trinajstić information content (AvgIpc) is 2.35. The van der Waals surface area contributed by atoms with Crippen molar-refractivity contribution in [1.82, 2.24) is 0 Å². The van der Waals surface area contributed by atoms with Gasteiger partial charge in [-0.1, -0.05) is 15.9 Å². The van der Waals surface area contributed by atoms with Gasteiger partial charge in [-0.15, -0.1) is 0 Å². The van der Waals surface area contributed by atoms with Crippen LogP contribution in [0.1, 0.15) is 28.4 Å². The van der Waals surface area contributed by atoms with E-state index in [1.54, 1.807) is 12.1 Å². The van der Waals surface area contributed by atoms with Gasteiger partial charge in [0.2, 0.25) is 0 Å². The van der Waals surface area contributed by atoms with Crippen molar-refractivity contribution in [1.29, 1.82) is 0 Å². The summed E-state index contributed by atoms with van der Waals surface area (Å²) in [4.78, 5) is 11.5. The lowest BCUT2D eigenvalue weighted by atomic mass is 10.1. The quantitative estimate of drug-likeness (QED) is 0.638. The second kappa shape index (κ2) is 5.67. The van der Waals surface area contributed by atoms with Gasteiger partial charge in [0.25, 0.3) is 0 Å². The van der Waals surface area contributed by atoms with Crippen molar-refractivity contribution in [3.8, 4) is 0 Å². The fourth-order valence-electron chi connectivity index (χ4n) is 2.19. The maximum absolute atomic E-state index is 11.5. The van der Waals surface area contributed by atoms with Crippen LogP contribution < -0.4 is 11.1 Å². The second-order valence-corrected chi connectivity index (χ2v) is 5.81. The van der Waals surface area contributed by atoms with E-state index in [9.17, 15) is 4.79 Å². The monoisotopic (exact) mass is 332 g/mol. The molecule has 3 N–H and O–H groups in total. The summed E-state index contributed by atoms with van der Waals surface area (Å²) in [6.45, 7) is 5.61. The zero-order valence-electron chi connectivity index (χ0n) is 11.8. The van der Waals surface area contributed by atoms with E-state index in [-0.39, 0.29) is 5.78 Å². The number of hydrogen-bond donors (Lipinski definition) is 2. The molecule has 0 aromatic heterocycles. The Labute approximate surface area is 127 Å². The molecule has 0 fully saturated rings. The van der Waals surface area contributed by atoms with Gasteiger partial charge in [-0.05, 0) is 62.2 Å². The third kappa shape index (κ3) is 3.02. The Morgan fingerprint density at radius 1 is 1.15 bits per heavy atom. The molecular weight excluding hydrogens is 316 g/mol. The van der Waals surface area contributed by atoms with Crippen LogP contribution >= 0.6 is 15.9 Å². The summed E-state index contributed by atoms with van der Waals surface area (Å²) in [6, 6.07) is 9.53. The van der Waals surface area contributed by atoms with Crippen molar-refractivity contribution in [3.63, 3.8) is 0 Å². The third-order valence-corrected chi connectivity index (χ3v) is 3.66. The molecule has 2 rings (SSSR count). The first-order valence-electron chi connectivity index (χ1n) is 6.32. The number of hydrogen-bond acceptors (Lipinski definition) is 3. The number of benzene rings is 2. The third-order valence-electron chi connectivity index (χ3n) is 3.20. The van der Waals surface area contributed by atoms with E-state index < -0.39 is 0 Å². The van der Waals surface area contributed by atoms with E-state index in [1.165, 1.54) is 6.92 Å². The van der Waals surface area contributed by atoms with Crippen LogP contribution in [0.5, 0.6) is 0 Å². The molecule has 0 unspecified atom stereocenters. The van der Waals surface area contributed by atoms with Crippen molar-refractivity contribution in [2.45, 2.75) is 20.8 Å². The summed E-state index contributed by atoms with van der Waals surface area (Å²) in [7, 11) is 0. The number of nitrogens with two attached hydrogens (primary N) is 1. The number of nitrogen functional groups attached to an aromatic ring is 1. The summed E-state index contributed by atoms with van der Waals surface area (Å²) < 4.78 is 1.06. The molecule has 0 bridgehead atoms. The number of nitrogens with one attached hydrogen (secondary N) is 1. The summed E-state index contributed by atoms with van der Waals surface area (Å²) in [5, 5.41) is 3.36. The lowest BCUT2D eigenvalue weighted by molar-refractivity contribution is 0.101. The van der Waals surface area contributed by atoms with Crippen LogP contribution in [0.4, 0.5) is 17.1 Å². The first-order valence-corrected chi connectivity index (χ1v) is 7.12. The number of ketones is 1. The first kappa shape index (κ1) is 14.6. The van der Waals surface area contributed by atoms with E-state index in [0.29, 0.717) is 11.3 Å². The largest absolute Gasteiger partial charge is 0.398 e. The molecule has 104 valence electrons. The molecule has 0 spiro atoms. The fraction of sp³-hybridized carbons (Fsp3) is 0.188. The minimum Gasteiger partial charge on any atom is -0.398 e. The molecule has 4 heteroatoms. The summed E-state index contributed by atoms with van der Waals surface area (Å²) in [6.07, 6.45) is 0. The average molecular weight is 333 g/mol. The maximum Gasteiger partial charge on any atom is 0.161 e. The summed E-state index contributed by atoms with van der Waals surface area (Å²) >= 11 is 3.48. The highest BCUT2D eigenvalue weighted by Crippen LogP contribution is 2.29. The normalized spacial score (nSPS) is 10.4. The molecular formula is C16H17BrN2O. The summed E-state index contributed by atoms with van der Waals surface area (Å²) in [5.41, 5.74) is 11.0. The molecule has 0 amide bonds. The van der Waals surface area contributed by atoms with Gasteiger partial charge in [0.15, 0.2) is 5.78 Å². The van der Waals surface area contributed by atoms with Gasteiger partial charge in [-0.2, -0.15) is 0 Å². The smallest absolute Gasteiger partial charge is 0.161 e. The number of rotatable bonds is 3. The van der Waals surface area contributed by atoms with Crippen molar-refractivity contribution < 1.29 is 4.79 Å². The highest BCUT2D eigenvalue weighted by Gasteiger charge is 2.08. The lowest BCUT2D eigenvalue weighted by Gasteiger charge is -2.14. The molecule has 0 heterocycles. The van der Waals surface area contributed by atoms with E-state index in [0.717, 1.165) is 27.0 Å². The summed E-state index contributed by atoms with van der Waals surface area (Å²) in [5.74, 6) is -0.0320. The van der Waals surface area contributed by atoms with Crippen molar-refractivity contribution in [3.05, 3.63) is 51.5 Å². The molecule has 0 atom stereocenters. The van der Waals surface area contributed by atoms with Gasteiger partial charge in [-0.3, -0.25) is 4.79 Å². The van der Waals surface area contributed by atoms with E-state index in [1.807, 2.05) is 19.9 Å². The first-order chi connectivity index (χ1) is 9.38. The van der Waals surface area contributed by atoms with Crippen LogP contribution in [0.15, 0.2) is 34.8 Å². The molecule has 2 aromatic rings. The lowest BCUT2D eigenvalue weighted by Crippen LogP contribution is -2.02. The van der Waals surface area contributed by atoms with Gasteiger partial charge < -0.3 is 11.1 Å². The Morgan fingerprint density at radius 2 is 1.75 bits per heavy atom. The predicted octanol–water partition coefficient (Wildman–Crippen LogP) is 4.59. The minimum atomic E-state index is -0.0320. The minimum absolute atomic E-state index is 0.0320. The Hall–Kier alpha value is -1.81. The van der Waals surface area contributed by atoms with Gasteiger partial charge in [0, 0.05) is 27.1 Å². The van der Waals surface area contributed by atoms with Crippen LogP contribution in [-0.2, 0) is 0 Å². The van der Waals surface area contributed by atoms with Crippen LogP contribution in [0.3, 0.4) is 0 Å². The topological polar surface area (TPSA) is 55.1 Å². The Balaban J connectivity index is 2.41. The standard InChI is InChI=1S/C16H17BrN2O/c1-9-6-12(17)7-10(2)16(9)19-13-4-5-15(18)14(8-13)11(3)20/h4-8,19H,18H2,1-3H3. The molecule has 0 aliphatic heterocycles. The number of carbonyl (C=O) groups excluding carboxylic acids is 1. The molecule has 0 aliphatic carbocycles. The van der Waals surface area contributed by atoms with Gasteiger partial charge in [0.1, 0.15) is 0 Å². The SMILES string of the molecule is CC(=O)c1cc(Nc2c(C)cc(Br)cc2C)ccc1N. The van der Waals surface area contributed by atoms with Crippen LogP contribution in [0.25, 0.3) is 0 Å². The van der Waals surface area contributed by atoms with Crippen molar-refractivity contribution in [2.75, 3.05) is 11.1 Å². The Bertz CT molecular complexity index is 657. The number of Topliss-reactive ketones (excluding diaryl/α,β-unsaturated/α-hetero) is 1. The van der Waals surface area contributed by atoms with E-state index >= 15 is 0 Å². The molecule has 3 nitrogen and oxygen atoms in total. The Kier molecular flexibility index (Phi) is 4.14. The predicted molar refractivity (Wildman–Crippen MR) is 87.8 cm³/mol. The number of anilines is 3. The zero-order chi connectivity index (χ0) is 14.9. The van der Waals surface area contributed by atoms with Gasteiger partial charge in [-0.25, -0.2) is 0 Å². The second-order valence-electron chi connectivity index (χ2n) is 4.90. The molecule has 0 saturated carbocycles. The maximum atomic E-state index is 11.5. The van der Waals surface area contributed by atoms with E-state index in [2.05, 4.69) is 33.4 Å². The molecule has 0 radical (unpaired) electrons. The number of halogens is 1. The van der Waals surface area contributed by atoms with Gasteiger partial charge in [0.05, 0.1) is 0 Å². The van der Waals surface area contributed by atoms with E-state index in [4.69, 9.17) is 5.73 Å². The van der Waals surface area contributed by atoms with Crippen molar-refractivity contribution >= 4 is 38.8 Å². The molecule has 20 heavy (non-hydrogen) atoms. The molecule has 0 saturated heterocycles. The zero-order valence-corrected chi connectivity index (χ0v) is 13.3. The van der Waals surface area contributed by atoms with Gasteiger partial charge >= 0.3 is 0 Å². The fourth-order valence-corrected chi connectivity index (χ4v) is 2.88. The van der Waals surface area contributed by atoms with Crippen LogP contribution in [-0.4, -0.2) is 5.78 Å². The number of carbonyl (C=O) groups is 1. The molecule has 2 aromatic carbocycles. The van der Waals surface area contributed by atoms with Crippen LogP contribution in [0, 0.1) is 13.8 Å². The van der Waals surface area contributed by atoms with Crippen LogP contribution in [0.2, 0.25) is 0 Å². The Morgan fingerprint density at radius 3 is 2.30 bits per heavy atom.